The molecule has 7 heteroatoms. The van der Waals surface area contributed by atoms with Gasteiger partial charge < -0.3 is 10.7 Å². The second-order valence-corrected chi connectivity index (χ2v) is 8.75. The van der Waals surface area contributed by atoms with Crippen LogP contribution in [-0.2, 0) is 11.3 Å². The number of carbonyl (C=O) groups excluding carboxylic acids is 1. The maximum Gasteiger partial charge on any atom is 0.260 e. The van der Waals surface area contributed by atoms with Gasteiger partial charge in [-0.1, -0.05) is 29.8 Å². The molecule has 0 atom stereocenters. The molecule has 3 N–H and O–H groups in total. The number of H-pyrrole nitrogens is 1. The van der Waals surface area contributed by atoms with E-state index in [0.29, 0.717) is 17.8 Å². The molecule has 0 saturated carbocycles. The number of aromatic nitrogens is 2. The van der Waals surface area contributed by atoms with Crippen LogP contribution in [0.25, 0.3) is 21.3 Å². The van der Waals surface area contributed by atoms with Crippen LogP contribution >= 0.6 is 11.3 Å². The van der Waals surface area contributed by atoms with Crippen molar-refractivity contribution in [3.63, 3.8) is 0 Å². The third-order valence-corrected chi connectivity index (χ3v) is 6.49. The average molecular weight is 397 g/mol. The Morgan fingerprint density at radius 2 is 1.93 bits per heavy atom. The van der Waals surface area contributed by atoms with E-state index in [-0.39, 0.29) is 17.4 Å². The lowest BCUT2D eigenvalue weighted by Gasteiger charge is -2.29. The first-order valence-electron chi connectivity index (χ1n) is 9.53. The number of fused-ring (bicyclic) bond motifs is 1. The van der Waals surface area contributed by atoms with Gasteiger partial charge in [0.15, 0.2) is 0 Å². The zero-order valence-electron chi connectivity index (χ0n) is 16.1. The number of benzene rings is 1. The molecule has 1 aliphatic rings. The third-order valence-electron chi connectivity index (χ3n) is 5.49. The minimum Gasteiger partial charge on any atom is -0.369 e. The summed E-state index contributed by atoms with van der Waals surface area (Å²) >= 11 is 1.56. The molecule has 3 aromatic rings. The number of likely N-dealkylation sites (tertiary alicyclic amines) is 1. The first kappa shape index (κ1) is 18.8. The molecule has 0 aliphatic carbocycles. The molecule has 3 heterocycles. The number of nitrogens with one attached hydrogen (secondary N) is 1. The number of carbonyl (C=O) groups is 1. The van der Waals surface area contributed by atoms with Gasteiger partial charge >= 0.3 is 0 Å². The number of primary amides is 1. The topological polar surface area (TPSA) is 92.1 Å². The van der Waals surface area contributed by atoms with Gasteiger partial charge in [-0.25, -0.2) is 4.98 Å². The molecule has 0 unspecified atom stereocenters. The van der Waals surface area contributed by atoms with Gasteiger partial charge in [0, 0.05) is 16.4 Å². The van der Waals surface area contributed by atoms with E-state index in [1.807, 2.05) is 6.92 Å². The van der Waals surface area contributed by atoms with E-state index in [1.54, 1.807) is 11.3 Å². The summed E-state index contributed by atoms with van der Waals surface area (Å²) in [6.45, 7) is 6.23. The van der Waals surface area contributed by atoms with Gasteiger partial charge in [0.2, 0.25) is 5.91 Å². The van der Waals surface area contributed by atoms with Crippen LogP contribution in [0.4, 0.5) is 0 Å². The van der Waals surface area contributed by atoms with Crippen molar-refractivity contribution >= 4 is 27.5 Å². The van der Waals surface area contributed by atoms with E-state index >= 15 is 0 Å². The van der Waals surface area contributed by atoms with Crippen molar-refractivity contribution in [1.82, 2.24) is 14.9 Å². The molecule has 146 valence electrons. The fraction of sp³-hybridized carbons (Fsp3) is 0.381. The monoisotopic (exact) mass is 396 g/mol. The summed E-state index contributed by atoms with van der Waals surface area (Å²) in [6, 6.07) is 8.23. The van der Waals surface area contributed by atoms with Crippen LogP contribution in [0.15, 0.2) is 29.1 Å². The highest BCUT2D eigenvalue weighted by Gasteiger charge is 2.24. The molecule has 1 amide bonds. The van der Waals surface area contributed by atoms with Gasteiger partial charge in [-0.3, -0.25) is 14.5 Å². The maximum absolute atomic E-state index is 12.9. The summed E-state index contributed by atoms with van der Waals surface area (Å²) in [5.74, 6) is 0.416. The van der Waals surface area contributed by atoms with Gasteiger partial charge in [0.05, 0.1) is 11.9 Å². The molecule has 6 nitrogen and oxygen atoms in total. The Hall–Kier alpha value is -2.51. The van der Waals surface area contributed by atoms with E-state index in [4.69, 9.17) is 10.7 Å². The quantitative estimate of drug-likeness (QED) is 0.709. The largest absolute Gasteiger partial charge is 0.369 e. The fourth-order valence-electron chi connectivity index (χ4n) is 3.89. The van der Waals surface area contributed by atoms with Crippen molar-refractivity contribution in [1.29, 1.82) is 0 Å². The average Bonchev–Trinajstić information content (AvgIpc) is 2.99. The fourth-order valence-corrected chi connectivity index (χ4v) is 4.96. The number of hydrogen-bond donors (Lipinski definition) is 2. The Morgan fingerprint density at radius 1 is 1.25 bits per heavy atom. The van der Waals surface area contributed by atoms with E-state index in [1.165, 1.54) is 5.56 Å². The van der Waals surface area contributed by atoms with E-state index in [2.05, 4.69) is 41.1 Å². The van der Waals surface area contributed by atoms with Crippen molar-refractivity contribution in [3.05, 3.63) is 50.9 Å². The summed E-state index contributed by atoms with van der Waals surface area (Å²) in [7, 11) is 0. The molecule has 28 heavy (non-hydrogen) atoms. The van der Waals surface area contributed by atoms with Gasteiger partial charge in [-0.15, -0.1) is 11.3 Å². The Kier molecular flexibility index (Phi) is 5.03. The van der Waals surface area contributed by atoms with Crippen LogP contribution in [0.1, 0.15) is 29.1 Å². The lowest BCUT2D eigenvalue weighted by atomic mass is 9.96. The summed E-state index contributed by atoms with van der Waals surface area (Å²) in [5.41, 5.74) is 8.52. The summed E-state index contributed by atoms with van der Waals surface area (Å²) in [5, 5.41) is 0.669. The number of piperidine rings is 1. The Labute approximate surface area is 167 Å². The summed E-state index contributed by atoms with van der Waals surface area (Å²) in [6.07, 6.45) is 1.52. The van der Waals surface area contributed by atoms with Crippen LogP contribution in [0, 0.1) is 19.8 Å². The number of thiophene rings is 1. The lowest BCUT2D eigenvalue weighted by molar-refractivity contribution is -0.123. The minimum atomic E-state index is -0.217. The molecule has 1 aliphatic heterocycles. The first-order valence-corrected chi connectivity index (χ1v) is 10.3. The highest BCUT2D eigenvalue weighted by atomic mass is 32.1. The van der Waals surface area contributed by atoms with Crippen molar-refractivity contribution in [3.8, 4) is 11.1 Å². The normalized spacial score (nSPS) is 15.9. The van der Waals surface area contributed by atoms with E-state index in [0.717, 1.165) is 46.8 Å². The third kappa shape index (κ3) is 3.59. The number of amides is 1. The second-order valence-electron chi connectivity index (χ2n) is 7.54. The van der Waals surface area contributed by atoms with Crippen LogP contribution in [0.3, 0.4) is 0 Å². The molecule has 1 saturated heterocycles. The SMILES string of the molecule is Cc1ccc(-c2c(C)sc3nc(CN4CCC(C(N)=O)CC4)[nH]c(=O)c23)cc1. The lowest BCUT2D eigenvalue weighted by Crippen LogP contribution is -2.38. The zero-order chi connectivity index (χ0) is 19.8. The summed E-state index contributed by atoms with van der Waals surface area (Å²) < 4.78 is 0. The number of nitrogens with two attached hydrogens (primary N) is 1. The van der Waals surface area contributed by atoms with Gasteiger partial charge in [0.1, 0.15) is 10.7 Å². The Bertz CT molecular complexity index is 1080. The van der Waals surface area contributed by atoms with E-state index in [9.17, 15) is 9.59 Å². The molecular formula is C21H24N4O2S. The highest BCUT2D eigenvalue weighted by Crippen LogP contribution is 2.35. The minimum absolute atomic E-state index is 0.0391. The predicted octanol–water partition coefficient (Wildman–Crippen LogP) is 2.97. The summed E-state index contributed by atoms with van der Waals surface area (Å²) in [4.78, 5) is 36.0. The number of nitrogens with zero attached hydrogens (tertiary/aromatic N) is 2. The van der Waals surface area contributed by atoms with Gasteiger partial charge in [-0.05, 0) is 45.3 Å². The van der Waals surface area contributed by atoms with Gasteiger partial charge in [-0.2, -0.15) is 0 Å². The van der Waals surface area contributed by atoms with Crippen LogP contribution in [0.2, 0.25) is 0 Å². The maximum atomic E-state index is 12.9. The smallest absolute Gasteiger partial charge is 0.260 e. The molecule has 0 bridgehead atoms. The van der Waals surface area contributed by atoms with Crippen LogP contribution in [-0.4, -0.2) is 33.9 Å². The molecule has 1 aromatic carbocycles. The highest BCUT2D eigenvalue weighted by molar-refractivity contribution is 7.19. The van der Waals surface area contributed by atoms with Crippen molar-refractivity contribution in [2.45, 2.75) is 33.2 Å². The number of rotatable bonds is 4. The molecule has 2 aromatic heterocycles. The number of aromatic amines is 1. The van der Waals surface area contributed by atoms with Crippen LogP contribution < -0.4 is 11.3 Å². The molecule has 0 spiro atoms. The molecule has 1 fully saturated rings. The van der Waals surface area contributed by atoms with Crippen molar-refractivity contribution in [2.24, 2.45) is 11.7 Å². The van der Waals surface area contributed by atoms with E-state index < -0.39 is 0 Å². The van der Waals surface area contributed by atoms with Crippen LogP contribution in [0.5, 0.6) is 0 Å². The van der Waals surface area contributed by atoms with Crippen molar-refractivity contribution in [2.75, 3.05) is 13.1 Å². The number of hydrogen-bond acceptors (Lipinski definition) is 5. The zero-order valence-corrected chi connectivity index (χ0v) is 16.9. The molecule has 0 radical (unpaired) electrons. The standard InChI is InChI=1S/C21H24N4O2S/c1-12-3-5-14(6-4-12)17-13(2)28-21-18(17)20(27)23-16(24-21)11-25-9-7-15(8-10-25)19(22)26/h3-6,15H,7-11H2,1-2H3,(H2,22,26)(H,23,24,27). The second kappa shape index (κ2) is 7.48. The molecular weight excluding hydrogens is 372 g/mol. The number of aryl methyl sites for hydroxylation is 2. The predicted molar refractivity (Wildman–Crippen MR) is 112 cm³/mol. The molecule has 4 rings (SSSR count). The van der Waals surface area contributed by atoms with Crippen molar-refractivity contribution < 1.29 is 4.79 Å². The Morgan fingerprint density at radius 3 is 2.57 bits per heavy atom. The van der Waals surface area contributed by atoms with Gasteiger partial charge in [0.25, 0.3) is 5.56 Å². The Balaban J connectivity index is 1.62. The first-order chi connectivity index (χ1) is 13.4.